The molecule has 0 aliphatic rings. The molecule has 0 fully saturated rings. The van der Waals surface area contributed by atoms with Gasteiger partial charge in [-0.15, -0.1) is 0 Å². The van der Waals surface area contributed by atoms with Crippen molar-refractivity contribution in [2.75, 3.05) is 13.2 Å². The van der Waals surface area contributed by atoms with Crippen LogP contribution in [0.25, 0.3) is 0 Å². The van der Waals surface area contributed by atoms with E-state index in [9.17, 15) is 22.0 Å². The summed E-state index contributed by atoms with van der Waals surface area (Å²) in [5.74, 6) is -0.713. The summed E-state index contributed by atoms with van der Waals surface area (Å²) in [4.78, 5) is 12.0. The molecule has 1 N–H and O–H groups in total. The van der Waals surface area contributed by atoms with E-state index in [0.717, 1.165) is 16.7 Å². The van der Waals surface area contributed by atoms with E-state index >= 15 is 0 Å². The Balaban J connectivity index is 3.31. The van der Waals surface area contributed by atoms with E-state index in [1.807, 2.05) is 53.7 Å². The molecule has 0 spiro atoms. The van der Waals surface area contributed by atoms with Crippen molar-refractivity contribution in [3.05, 3.63) is 28.8 Å². The number of benzene rings is 1. The highest BCUT2D eigenvalue weighted by Crippen LogP contribution is 2.42. The summed E-state index contributed by atoms with van der Waals surface area (Å²) in [6.45, 7) is 15.8. The van der Waals surface area contributed by atoms with Gasteiger partial charge in [0.25, 0.3) is 0 Å². The number of alkyl halides is 2. The summed E-state index contributed by atoms with van der Waals surface area (Å²) < 4.78 is 66.5. The second-order valence-electron chi connectivity index (χ2n) is 10.7. The molecule has 1 aromatic carbocycles. The van der Waals surface area contributed by atoms with Crippen LogP contribution in [0.5, 0.6) is 5.75 Å². The summed E-state index contributed by atoms with van der Waals surface area (Å²) in [6.07, 6.45) is 0. The maximum absolute atomic E-state index is 13.3. The van der Waals surface area contributed by atoms with Gasteiger partial charge >= 0.3 is 21.3 Å². The first-order valence-electron chi connectivity index (χ1n) is 9.90. The van der Waals surface area contributed by atoms with Crippen molar-refractivity contribution in [2.24, 2.45) is 0 Å². The van der Waals surface area contributed by atoms with Gasteiger partial charge < -0.3 is 9.47 Å². The van der Waals surface area contributed by atoms with E-state index in [4.69, 9.17) is 9.29 Å². The first kappa shape index (κ1) is 27.3. The van der Waals surface area contributed by atoms with Gasteiger partial charge in [-0.3, -0.25) is 4.55 Å². The average Bonchev–Trinajstić information content (AvgIpc) is 2.53. The largest absolute Gasteiger partial charge is 0.481 e. The first-order valence-corrected chi connectivity index (χ1v) is 11.3. The standard InChI is InChI=1S/C22H34F2O6S/c1-19(2,3)14-10-15(20(4,5)6)18(16(11-14)21(7,8)9)29-12-17(25)30-13-22(23,24)31(26,27)28/h10-11H,12-13H2,1-9H3,(H,26,27,28). The molecule has 0 radical (unpaired) electrons. The fourth-order valence-corrected chi connectivity index (χ4v) is 2.95. The smallest absolute Gasteiger partial charge is 0.402 e. The lowest BCUT2D eigenvalue weighted by atomic mass is 9.75. The fourth-order valence-electron chi connectivity index (χ4n) is 2.74. The van der Waals surface area contributed by atoms with Gasteiger partial charge in [-0.05, 0) is 21.8 Å². The Morgan fingerprint density at radius 3 is 1.65 bits per heavy atom. The second-order valence-corrected chi connectivity index (χ2v) is 12.3. The molecule has 1 rings (SSSR count). The van der Waals surface area contributed by atoms with Crippen LogP contribution in [0.4, 0.5) is 8.78 Å². The lowest BCUT2D eigenvalue weighted by molar-refractivity contribution is -0.152. The minimum Gasteiger partial charge on any atom is -0.481 e. The molecular weight excluding hydrogens is 430 g/mol. The van der Waals surface area contributed by atoms with Crippen LogP contribution in [0.2, 0.25) is 0 Å². The first-order chi connectivity index (χ1) is 13.6. The molecule has 0 saturated heterocycles. The number of ether oxygens (including phenoxy) is 2. The van der Waals surface area contributed by atoms with Gasteiger partial charge in [-0.2, -0.15) is 17.2 Å². The third kappa shape index (κ3) is 7.14. The molecule has 178 valence electrons. The Kier molecular flexibility index (Phi) is 7.62. The third-order valence-electron chi connectivity index (χ3n) is 4.68. The molecule has 9 heteroatoms. The molecule has 0 amide bonds. The molecule has 0 aromatic heterocycles. The molecule has 31 heavy (non-hydrogen) atoms. The van der Waals surface area contributed by atoms with Crippen molar-refractivity contribution < 1.29 is 36.0 Å². The van der Waals surface area contributed by atoms with Crippen molar-refractivity contribution >= 4 is 16.1 Å². The Morgan fingerprint density at radius 1 is 0.903 bits per heavy atom. The lowest BCUT2D eigenvalue weighted by Gasteiger charge is -2.33. The van der Waals surface area contributed by atoms with Crippen LogP contribution in [0.15, 0.2) is 12.1 Å². The molecule has 0 atom stereocenters. The number of halogens is 2. The van der Waals surface area contributed by atoms with Gasteiger partial charge in [0.05, 0.1) is 0 Å². The Bertz CT molecular complexity index is 882. The zero-order chi connectivity index (χ0) is 24.6. The molecule has 0 heterocycles. The van der Waals surface area contributed by atoms with Gasteiger partial charge in [0, 0.05) is 11.1 Å². The van der Waals surface area contributed by atoms with Crippen LogP contribution in [-0.2, 0) is 35.9 Å². The number of carbonyl (C=O) groups excluding carboxylic acids is 1. The predicted octanol–water partition coefficient (Wildman–Crippen LogP) is 4.98. The number of hydrogen-bond donors (Lipinski definition) is 1. The SMILES string of the molecule is CC(C)(C)c1cc(C(C)(C)C)c(OCC(=O)OCC(F)(F)S(=O)(=O)O)c(C(C)(C)C)c1. The minimum atomic E-state index is -5.69. The van der Waals surface area contributed by atoms with E-state index in [2.05, 4.69) is 25.5 Å². The monoisotopic (exact) mass is 464 g/mol. The molecule has 0 bridgehead atoms. The van der Waals surface area contributed by atoms with Crippen LogP contribution >= 0.6 is 0 Å². The summed E-state index contributed by atoms with van der Waals surface area (Å²) in [7, 11) is -5.69. The zero-order valence-electron chi connectivity index (χ0n) is 19.7. The number of carbonyl (C=O) groups is 1. The minimum absolute atomic E-state index is 0.140. The van der Waals surface area contributed by atoms with Crippen molar-refractivity contribution in [3.63, 3.8) is 0 Å². The Hall–Kier alpha value is -1.74. The molecule has 0 saturated carbocycles. The lowest BCUT2D eigenvalue weighted by Crippen LogP contribution is -2.35. The van der Waals surface area contributed by atoms with Crippen molar-refractivity contribution in [3.8, 4) is 5.75 Å². The van der Waals surface area contributed by atoms with Crippen LogP contribution in [0.1, 0.15) is 79.0 Å². The van der Waals surface area contributed by atoms with E-state index in [0.29, 0.717) is 5.75 Å². The van der Waals surface area contributed by atoms with E-state index in [1.165, 1.54) is 0 Å². The molecule has 1 aromatic rings. The predicted molar refractivity (Wildman–Crippen MR) is 115 cm³/mol. The van der Waals surface area contributed by atoms with Crippen molar-refractivity contribution in [1.29, 1.82) is 0 Å². The quantitative estimate of drug-likeness (QED) is 0.472. The van der Waals surface area contributed by atoms with Gasteiger partial charge in [0.2, 0.25) is 0 Å². The topological polar surface area (TPSA) is 89.9 Å². The van der Waals surface area contributed by atoms with E-state index in [1.54, 1.807) is 0 Å². The molecular formula is C22H34F2O6S. The fraction of sp³-hybridized carbons (Fsp3) is 0.682. The molecule has 0 aliphatic carbocycles. The maximum Gasteiger partial charge on any atom is 0.402 e. The maximum atomic E-state index is 13.3. The summed E-state index contributed by atoms with van der Waals surface area (Å²) in [5.41, 5.74) is 1.95. The van der Waals surface area contributed by atoms with Crippen LogP contribution < -0.4 is 4.74 Å². The Labute approximate surface area is 184 Å². The van der Waals surface area contributed by atoms with E-state index < -0.39 is 34.6 Å². The number of rotatable bonds is 6. The third-order valence-corrected chi connectivity index (χ3v) is 5.56. The van der Waals surface area contributed by atoms with Gasteiger partial charge in [0.15, 0.2) is 13.2 Å². The highest BCUT2D eigenvalue weighted by atomic mass is 32.2. The van der Waals surface area contributed by atoms with Crippen LogP contribution in [0.3, 0.4) is 0 Å². The van der Waals surface area contributed by atoms with Crippen molar-refractivity contribution in [2.45, 2.75) is 83.8 Å². The summed E-state index contributed by atoms with van der Waals surface area (Å²) in [6, 6.07) is 4.03. The van der Waals surface area contributed by atoms with Gasteiger partial charge in [0.1, 0.15) is 5.75 Å². The van der Waals surface area contributed by atoms with Gasteiger partial charge in [-0.25, -0.2) is 4.79 Å². The van der Waals surface area contributed by atoms with E-state index in [-0.39, 0.29) is 16.2 Å². The molecule has 0 unspecified atom stereocenters. The average molecular weight is 465 g/mol. The van der Waals surface area contributed by atoms with Crippen molar-refractivity contribution in [1.82, 2.24) is 0 Å². The summed E-state index contributed by atoms with van der Waals surface area (Å²) in [5, 5.41) is -4.59. The zero-order valence-corrected chi connectivity index (χ0v) is 20.5. The number of hydrogen-bond acceptors (Lipinski definition) is 5. The highest BCUT2D eigenvalue weighted by molar-refractivity contribution is 7.86. The molecule has 6 nitrogen and oxygen atoms in total. The van der Waals surface area contributed by atoms with Crippen LogP contribution in [-0.4, -0.2) is 37.4 Å². The number of esters is 1. The van der Waals surface area contributed by atoms with Gasteiger partial charge in [-0.1, -0.05) is 74.4 Å². The highest BCUT2D eigenvalue weighted by Gasteiger charge is 2.45. The van der Waals surface area contributed by atoms with Crippen LogP contribution in [0, 0.1) is 0 Å². The second kappa shape index (κ2) is 8.65. The molecule has 0 aliphatic heterocycles. The summed E-state index contributed by atoms with van der Waals surface area (Å²) >= 11 is 0. The normalized spacial score (nSPS) is 13.8. The Morgan fingerprint density at radius 2 is 1.32 bits per heavy atom.